The standard InChI is InChI=1S/C15H18ClN/c1-4-6-11-9-14(16)13-8-5-7-12(10(2)3)15(13)17-11/h5,7-10H,4,6H2,1-3H3. The van der Waals surface area contributed by atoms with E-state index >= 15 is 0 Å². The lowest BCUT2D eigenvalue weighted by Gasteiger charge is -2.11. The topological polar surface area (TPSA) is 12.9 Å². The Labute approximate surface area is 108 Å². The van der Waals surface area contributed by atoms with Crippen molar-refractivity contribution in [2.75, 3.05) is 0 Å². The smallest absolute Gasteiger partial charge is 0.0754 e. The van der Waals surface area contributed by atoms with Gasteiger partial charge in [-0.25, -0.2) is 0 Å². The van der Waals surface area contributed by atoms with Crippen LogP contribution in [0.3, 0.4) is 0 Å². The van der Waals surface area contributed by atoms with Crippen LogP contribution in [0.2, 0.25) is 5.02 Å². The van der Waals surface area contributed by atoms with Crippen molar-refractivity contribution in [2.45, 2.75) is 39.5 Å². The van der Waals surface area contributed by atoms with Crippen molar-refractivity contribution < 1.29 is 0 Å². The van der Waals surface area contributed by atoms with Gasteiger partial charge in [0.05, 0.1) is 10.5 Å². The van der Waals surface area contributed by atoms with Gasteiger partial charge in [0, 0.05) is 11.1 Å². The Kier molecular flexibility index (Phi) is 3.68. The summed E-state index contributed by atoms with van der Waals surface area (Å²) in [5.41, 5.74) is 3.44. The zero-order chi connectivity index (χ0) is 12.4. The first-order chi connectivity index (χ1) is 8.13. The summed E-state index contributed by atoms with van der Waals surface area (Å²) in [4.78, 5) is 4.76. The van der Waals surface area contributed by atoms with Crippen LogP contribution >= 0.6 is 11.6 Å². The molecule has 1 aromatic heterocycles. The second-order valence-electron chi connectivity index (χ2n) is 4.74. The van der Waals surface area contributed by atoms with Crippen LogP contribution in [0, 0.1) is 0 Å². The van der Waals surface area contributed by atoms with E-state index in [-0.39, 0.29) is 0 Å². The molecule has 0 atom stereocenters. The number of aromatic nitrogens is 1. The number of halogens is 1. The number of hydrogen-bond donors (Lipinski definition) is 0. The van der Waals surface area contributed by atoms with Crippen LogP contribution in [0.15, 0.2) is 24.3 Å². The van der Waals surface area contributed by atoms with Gasteiger partial charge in [0.1, 0.15) is 0 Å². The summed E-state index contributed by atoms with van der Waals surface area (Å²) >= 11 is 6.33. The van der Waals surface area contributed by atoms with Crippen molar-refractivity contribution in [1.82, 2.24) is 4.98 Å². The molecule has 0 spiro atoms. The highest BCUT2D eigenvalue weighted by molar-refractivity contribution is 6.35. The summed E-state index contributed by atoms with van der Waals surface area (Å²) in [7, 11) is 0. The van der Waals surface area contributed by atoms with Crippen LogP contribution in [0.25, 0.3) is 10.9 Å². The van der Waals surface area contributed by atoms with Gasteiger partial charge in [0.25, 0.3) is 0 Å². The Morgan fingerprint density at radius 1 is 1.29 bits per heavy atom. The lowest BCUT2D eigenvalue weighted by molar-refractivity contribution is 0.862. The van der Waals surface area contributed by atoms with Crippen LogP contribution in [-0.2, 0) is 6.42 Å². The predicted molar refractivity (Wildman–Crippen MR) is 74.8 cm³/mol. The molecule has 2 rings (SSSR count). The fraction of sp³-hybridized carbons (Fsp3) is 0.400. The third-order valence-electron chi connectivity index (χ3n) is 3.00. The monoisotopic (exact) mass is 247 g/mol. The van der Waals surface area contributed by atoms with Crippen molar-refractivity contribution in [3.8, 4) is 0 Å². The van der Waals surface area contributed by atoms with E-state index in [1.807, 2.05) is 12.1 Å². The summed E-state index contributed by atoms with van der Waals surface area (Å²) in [6.45, 7) is 6.54. The van der Waals surface area contributed by atoms with Gasteiger partial charge in [-0.15, -0.1) is 0 Å². The quantitative estimate of drug-likeness (QED) is 0.747. The Morgan fingerprint density at radius 2 is 2.06 bits per heavy atom. The van der Waals surface area contributed by atoms with Crippen molar-refractivity contribution in [1.29, 1.82) is 0 Å². The second kappa shape index (κ2) is 5.05. The normalized spacial score (nSPS) is 11.4. The number of benzene rings is 1. The highest BCUT2D eigenvalue weighted by Gasteiger charge is 2.10. The maximum atomic E-state index is 6.33. The van der Waals surface area contributed by atoms with Crippen molar-refractivity contribution in [3.63, 3.8) is 0 Å². The van der Waals surface area contributed by atoms with Gasteiger partial charge in [-0.3, -0.25) is 4.98 Å². The van der Waals surface area contributed by atoms with Crippen molar-refractivity contribution in [2.24, 2.45) is 0 Å². The molecule has 2 heteroatoms. The molecule has 0 aliphatic carbocycles. The molecule has 0 aliphatic heterocycles. The fourth-order valence-electron chi connectivity index (χ4n) is 2.13. The molecule has 1 nitrogen and oxygen atoms in total. The van der Waals surface area contributed by atoms with Gasteiger partial charge in [0.15, 0.2) is 0 Å². The van der Waals surface area contributed by atoms with Crippen LogP contribution < -0.4 is 0 Å². The molecule has 2 aromatic rings. The Hall–Kier alpha value is -1.08. The summed E-state index contributed by atoms with van der Waals surface area (Å²) in [5.74, 6) is 0.471. The van der Waals surface area contributed by atoms with Crippen LogP contribution in [0.5, 0.6) is 0 Å². The van der Waals surface area contributed by atoms with E-state index in [0.717, 1.165) is 34.5 Å². The first-order valence-electron chi connectivity index (χ1n) is 6.21. The molecular formula is C15H18ClN. The molecule has 0 amide bonds. The van der Waals surface area contributed by atoms with Crippen LogP contribution in [0.1, 0.15) is 44.4 Å². The summed E-state index contributed by atoms with van der Waals surface area (Å²) in [5, 5.41) is 1.89. The summed E-state index contributed by atoms with van der Waals surface area (Å²) in [6, 6.07) is 8.25. The number of nitrogens with zero attached hydrogens (tertiary/aromatic N) is 1. The number of fused-ring (bicyclic) bond motifs is 1. The van der Waals surface area contributed by atoms with Crippen molar-refractivity contribution >= 4 is 22.5 Å². The summed E-state index contributed by atoms with van der Waals surface area (Å²) < 4.78 is 0. The molecule has 0 unspecified atom stereocenters. The molecule has 1 heterocycles. The lowest BCUT2D eigenvalue weighted by Crippen LogP contribution is -1.96. The molecule has 17 heavy (non-hydrogen) atoms. The molecule has 0 fully saturated rings. The first-order valence-corrected chi connectivity index (χ1v) is 6.59. The van der Waals surface area contributed by atoms with E-state index in [4.69, 9.17) is 16.6 Å². The second-order valence-corrected chi connectivity index (χ2v) is 5.15. The van der Waals surface area contributed by atoms with Crippen LogP contribution in [0.4, 0.5) is 0 Å². The third kappa shape index (κ3) is 2.44. The average Bonchev–Trinajstić information content (AvgIpc) is 2.28. The largest absolute Gasteiger partial charge is 0.252 e. The van der Waals surface area contributed by atoms with E-state index in [1.54, 1.807) is 0 Å². The maximum Gasteiger partial charge on any atom is 0.0754 e. The Balaban J connectivity index is 2.69. The zero-order valence-corrected chi connectivity index (χ0v) is 11.4. The predicted octanol–water partition coefficient (Wildman–Crippen LogP) is 4.96. The zero-order valence-electron chi connectivity index (χ0n) is 10.6. The highest BCUT2D eigenvalue weighted by Crippen LogP contribution is 2.29. The minimum atomic E-state index is 0.471. The maximum absolute atomic E-state index is 6.33. The van der Waals surface area contributed by atoms with E-state index in [1.165, 1.54) is 5.56 Å². The molecule has 0 aliphatic rings. The SMILES string of the molecule is CCCc1cc(Cl)c2cccc(C(C)C)c2n1. The number of para-hydroxylation sites is 1. The van der Waals surface area contributed by atoms with E-state index in [2.05, 4.69) is 32.9 Å². The molecule has 0 N–H and O–H groups in total. The van der Waals surface area contributed by atoms with E-state index < -0.39 is 0 Å². The van der Waals surface area contributed by atoms with Crippen molar-refractivity contribution in [3.05, 3.63) is 40.5 Å². The van der Waals surface area contributed by atoms with Gasteiger partial charge in [-0.1, -0.05) is 57.0 Å². The minimum absolute atomic E-state index is 0.471. The molecule has 90 valence electrons. The van der Waals surface area contributed by atoms with Gasteiger partial charge >= 0.3 is 0 Å². The fourth-order valence-corrected chi connectivity index (χ4v) is 2.41. The minimum Gasteiger partial charge on any atom is -0.252 e. The third-order valence-corrected chi connectivity index (χ3v) is 3.31. The molecule has 0 radical (unpaired) electrons. The number of aryl methyl sites for hydroxylation is 1. The lowest BCUT2D eigenvalue weighted by atomic mass is 9.99. The van der Waals surface area contributed by atoms with Gasteiger partial charge in [0.2, 0.25) is 0 Å². The molecule has 0 saturated carbocycles. The molecule has 0 saturated heterocycles. The van der Waals surface area contributed by atoms with Gasteiger partial charge < -0.3 is 0 Å². The van der Waals surface area contributed by atoms with Gasteiger partial charge in [-0.2, -0.15) is 0 Å². The number of hydrogen-bond acceptors (Lipinski definition) is 1. The molecule has 1 aromatic carbocycles. The Bertz CT molecular complexity index is 532. The average molecular weight is 248 g/mol. The molecule has 0 bridgehead atoms. The number of pyridine rings is 1. The Morgan fingerprint density at radius 3 is 2.71 bits per heavy atom. The van der Waals surface area contributed by atoms with Crippen LogP contribution in [-0.4, -0.2) is 4.98 Å². The number of rotatable bonds is 3. The summed E-state index contributed by atoms with van der Waals surface area (Å²) in [6.07, 6.45) is 2.08. The van der Waals surface area contributed by atoms with E-state index in [0.29, 0.717) is 5.92 Å². The molecular weight excluding hydrogens is 230 g/mol. The first kappa shape index (κ1) is 12.4. The highest BCUT2D eigenvalue weighted by atomic mass is 35.5. The van der Waals surface area contributed by atoms with Gasteiger partial charge in [-0.05, 0) is 24.0 Å². The van der Waals surface area contributed by atoms with E-state index in [9.17, 15) is 0 Å².